The number of carbonyl (C=O) groups excluding carboxylic acids is 2. The molecule has 1 aliphatic heterocycles. The van der Waals surface area contributed by atoms with E-state index < -0.39 is 34.5 Å². The summed E-state index contributed by atoms with van der Waals surface area (Å²) in [5.74, 6) is -3.12. The summed E-state index contributed by atoms with van der Waals surface area (Å²) in [6.45, 7) is 0.549. The number of rotatable bonds is 7. The molecule has 2 atom stereocenters. The lowest BCUT2D eigenvalue weighted by Gasteiger charge is -2.30. The van der Waals surface area contributed by atoms with E-state index >= 15 is 0 Å². The van der Waals surface area contributed by atoms with E-state index in [1.165, 1.54) is 24.5 Å². The topological polar surface area (TPSA) is 104 Å². The predicted molar refractivity (Wildman–Crippen MR) is 148 cm³/mol. The Bertz CT molecular complexity index is 1500. The molecule has 0 spiro atoms. The van der Waals surface area contributed by atoms with Crippen molar-refractivity contribution in [2.45, 2.75) is 30.3 Å². The van der Waals surface area contributed by atoms with Crippen molar-refractivity contribution in [3.63, 3.8) is 0 Å². The van der Waals surface area contributed by atoms with Gasteiger partial charge in [0.05, 0.1) is 15.6 Å². The van der Waals surface area contributed by atoms with Crippen LogP contribution < -0.4 is 5.32 Å². The van der Waals surface area contributed by atoms with Crippen molar-refractivity contribution in [1.82, 2.24) is 10.2 Å². The first-order valence-electron chi connectivity index (χ1n) is 11.7. The molecule has 0 radical (unpaired) electrons. The van der Waals surface area contributed by atoms with Crippen LogP contribution in [0.25, 0.3) is 0 Å². The minimum atomic E-state index is -1.51. The number of hydrogen-bond acceptors (Lipinski definition) is 4. The molecule has 1 heterocycles. The maximum absolute atomic E-state index is 14.4. The molecule has 3 aromatic rings. The highest BCUT2D eigenvalue weighted by Crippen LogP contribution is 2.35. The Hall–Kier alpha value is -2.98. The summed E-state index contributed by atoms with van der Waals surface area (Å²) in [5, 5.41) is 12.6. The molecular formula is C27H22Cl3FN2O5S. The average molecular weight is 612 g/mol. The number of nitrogens with zero attached hydrogens (tertiary/aromatic N) is 1. The number of aliphatic carboxylic acids is 1. The maximum atomic E-state index is 14.4. The Labute approximate surface area is 241 Å². The fourth-order valence-corrected chi connectivity index (χ4v) is 5.80. The normalized spacial score (nSPS) is 14.3. The predicted octanol–water partition coefficient (Wildman–Crippen LogP) is 5.15. The van der Waals surface area contributed by atoms with E-state index in [9.17, 15) is 28.1 Å². The molecule has 1 unspecified atom stereocenters. The van der Waals surface area contributed by atoms with Gasteiger partial charge in [-0.25, -0.2) is 9.18 Å². The summed E-state index contributed by atoms with van der Waals surface area (Å²) in [6, 6.07) is 10.3. The molecule has 12 heteroatoms. The zero-order chi connectivity index (χ0) is 28.4. The summed E-state index contributed by atoms with van der Waals surface area (Å²) in [7, 11) is -1.41. The van der Waals surface area contributed by atoms with Crippen LogP contribution in [0.15, 0.2) is 53.4 Å². The van der Waals surface area contributed by atoms with Gasteiger partial charge in [0.15, 0.2) is 0 Å². The molecule has 0 aromatic heterocycles. The van der Waals surface area contributed by atoms with E-state index in [4.69, 9.17) is 34.8 Å². The summed E-state index contributed by atoms with van der Waals surface area (Å²) in [4.78, 5) is 40.0. The van der Waals surface area contributed by atoms with Crippen molar-refractivity contribution in [2.75, 3.05) is 12.8 Å². The lowest BCUT2D eigenvalue weighted by molar-refractivity contribution is -0.139. The monoisotopic (exact) mass is 610 g/mol. The SMILES string of the molecule is CS(=O)c1ccc(F)c(C[C@H](NC(=O)c2c(Cl)cc3c(c2Cl)CCN(C(=O)c2ccc(Cl)cc2)C3)C(=O)O)c1. The lowest BCUT2D eigenvalue weighted by atomic mass is 9.95. The number of halogens is 4. The van der Waals surface area contributed by atoms with E-state index in [0.717, 1.165) is 6.07 Å². The second kappa shape index (κ2) is 12.0. The van der Waals surface area contributed by atoms with Crippen molar-refractivity contribution < 1.29 is 28.1 Å². The van der Waals surface area contributed by atoms with Crippen molar-refractivity contribution in [2.24, 2.45) is 0 Å². The number of carboxylic acids is 1. The molecule has 0 fully saturated rings. The molecule has 0 bridgehead atoms. The highest BCUT2D eigenvalue weighted by molar-refractivity contribution is 7.84. The molecule has 7 nitrogen and oxygen atoms in total. The average Bonchev–Trinajstić information content (AvgIpc) is 2.88. The molecule has 1 aliphatic rings. The third-order valence-corrected chi connectivity index (χ3v) is 8.27. The van der Waals surface area contributed by atoms with E-state index in [0.29, 0.717) is 39.6 Å². The van der Waals surface area contributed by atoms with Crippen molar-refractivity contribution in [3.8, 4) is 0 Å². The van der Waals surface area contributed by atoms with Crippen molar-refractivity contribution >= 4 is 63.4 Å². The molecule has 0 saturated carbocycles. The quantitative estimate of drug-likeness (QED) is 0.385. The first-order valence-corrected chi connectivity index (χ1v) is 14.4. The molecule has 2 amide bonds. The second-order valence-corrected chi connectivity index (χ2v) is 11.5. The Kier molecular flexibility index (Phi) is 8.96. The van der Waals surface area contributed by atoms with Crippen molar-refractivity contribution in [1.29, 1.82) is 0 Å². The molecule has 204 valence electrons. The number of carboxylic acid groups (broad SMARTS) is 1. The largest absolute Gasteiger partial charge is 0.480 e. The van der Waals surface area contributed by atoms with E-state index in [1.54, 1.807) is 29.2 Å². The number of amides is 2. The molecule has 0 saturated heterocycles. The van der Waals surface area contributed by atoms with Gasteiger partial charge in [0.25, 0.3) is 11.8 Å². The Balaban J connectivity index is 1.55. The van der Waals surface area contributed by atoms with Gasteiger partial charge in [-0.3, -0.25) is 13.8 Å². The third kappa shape index (κ3) is 6.44. The lowest BCUT2D eigenvalue weighted by Crippen LogP contribution is -2.43. The summed E-state index contributed by atoms with van der Waals surface area (Å²) in [6.07, 6.45) is 1.37. The Morgan fingerprint density at radius 2 is 1.79 bits per heavy atom. The van der Waals surface area contributed by atoms with Crippen LogP contribution in [-0.2, 0) is 35.0 Å². The molecule has 2 N–H and O–H groups in total. The van der Waals surface area contributed by atoms with Gasteiger partial charge in [0.1, 0.15) is 11.9 Å². The first-order chi connectivity index (χ1) is 18.5. The summed E-state index contributed by atoms with van der Waals surface area (Å²) in [5.41, 5.74) is 1.65. The van der Waals surface area contributed by atoms with E-state index in [2.05, 4.69) is 5.32 Å². The smallest absolute Gasteiger partial charge is 0.326 e. The van der Waals surface area contributed by atoms with Crippen LogP contribution in [0.5, 0.6) is 0 Å². The van der Waals surface area contributed by atoms with Gasteiger partial charge in [-0.2, -0.15) is 0 Å². The zero-order valence-corrected chi connectivity index (χ0v) is 23.6. The van der Waals surface area contributed by atoms with Gasteiger partial charge in [-0.05, 0) is 71.6 Å². The fourth-order valence-electron chi connectivity index (χ4n) is 4.35. The maximum Gasteiger partial charge on any atom is 0.326 e. The third-order valence-electron chi connectivity index (χ3n) is 6.39. The molecule has 3 aromatic carbocycles. The van der Waals surface area contributed by atoms with Crippen LogP contribution in [-0.4, -0.2) is 50.8 Å². The second-order valence-electron chi connectivity index (χ2n) is 8.94. The Morgan fingerprint density at radius 1 is 1.10 bits per heavy atom. The van der Waals surface area contributed by atoms with Crippen LogP contribution in [0, 0.1) is 5.82 Å². The number of hydrogen-bond donors (Lipinski definition) is 2. The standard InChI is InChI=1S/C27H22Cl3FN2O5S/c1-39(38)18-6-7-21(31)15(10-18)12-22(27(36)37)32-25(34)23-20(29)11-16-13-33(9-8-19(16)24(23)30)26(35)14-2-4-17(28)5-3-14/h2-7,10-11,22H,8-9,12-13H2,1H3,(H,32,34)(H,36,37)/t22-,39?/m0/s1. The molecule has 39 heavy (non-hydrogen) atoms. The minimum absolute atomic E-state index is 0.0107. The van der Waals surface area contributed by atoms with Crippen LogP contribution in [0.1, 0.15) is 37.4 Å². The van der Waals surface area contributed by atoms with Crippen molar-refractivity contribution in [3.05, 3.63) is 97.2 Å². The number of fused-ring (bicyclic) bond motifs is 1. The molecular weight excluding hydrogens is 590 g/mol. The summed E-state index contributed by atoms with van der Waals surface area (Å²) >= 11 is 18.9. The fraction of sp³-hybridized carbons (Fsp3) is 0.222. The minimum Gasteiger partial charge on any atom is -0.480 e. The van der Waals surface area contributed by atoms with Gasteiger partial charge in [-0.1, -0.05) is 34.8 Å². The van der Waals surface area contributed by atoms with E-state index in [1.807, 2.05) is 0 Å². The van der Waals surface area contributed by atoms with Gasteiger partial charge in [0, 0.05) is 52.0 Å². The van der Waals surface area contributed by atoms with Gasteiger partial charge in [-0.15, -0.1) is 0 Å². The van der Waals surface area contributed by atoms with Crippen LogP contribution >= 0.6 is 34.8 Å². The summed E-state index contributed by atoms with van der Waals surface area (Å²) < 4.78 is 26.1. The zero-order valence-electron chi connectivity index (χ0n) is 20.5. The van der Waals surface area contributed by atoms with Crippen LogP contribution in [0.4, 0.5) is 4.39 Å². The highest BCUT2D eigenvalue weighted by atomic mass is 35.5. The highest BCUT2D eigenvalue weighted by Gasteiger charge is 2.30. The first kappa shape index (κ1) is 29.0. The number of nitrogens with one attached hydrogen (secondary N) is 1. The van der Waals surface area contributed by atoms with Gasteiger partial charge < -0.3 is 15.3 Å². The number of benzene rings is 3. The van der Waals surface area contributed by atoms with Gasteiger partial charge in [0.2, 0.25) is 0 Å². The van der Waals surface area contributed by atoms with E-state index in [-0.39, 0.29) is 40.0 Å². The molecule has 4 rings (SSSR count). The van der Waals surface area contributed by atoms with Crippen LogP contribution in [0.3, 0.4) is 0 Å². The molecule has 0 aliphatic carbocycles. The Morgan fingerprint density at radius 3 is 2.44 bits per heavy atom. The van der Waals surface area contributed by atoms with Crippen LogP contribution in [0.2, 0.25) is 15.1 Å². The number of carbonyl (C=O) groups is 3. The van der Waals surface area contributed by atoms with Gasteiger partial charge >= 0.3 is 5.97 Å².